The topological polar surface area (TPSA) is 57.4 Å². The summed E-state index contributed by atoms with van der Waals surface area (Å²) in [5.41, 5.74) is 6.26. The van der Waals surface area contributed by atoms with Crippen molar-refractivity contribution in [3.8, 4) is 11.5 Å². The van der Waals surface area contributed by atoms with Gasteiger partial charge < -0.3 is 15.3 Å². The molecule has 0 saturated carbocycles. The molecule has 1 saturated heterocycles. The average molecular weight is 269 g/mol. The van der Waals surface area contributed by atoms with E-state index < -0.39 is 0 Å². The fraction of sp³-hybridized carbons (Fsp3) is 0.267. The Hall–Kier alpha value is -2.11. The van der Waals surface area contributed by atoms with Gasteiger partial charge in [0.1, 0.15) is 17.3 Å². The molecule has 2 aromatic rings. The Bertz CT molecular complexity index is 687. The molecule has 1 fully saturated rings. The number of pyridine rings is 1. The van der Waals surface area contributed by atoms with Gasteiger partial charge in [0.05, 0.1) is 18.2 Å². The molecule has 4 rings (SSSR count). The zero-order valence-electron chi connectivity index (χ0n) is 11.1. The minimum atomic E-state index is 0.0169. The fourth-order valence-electron chi connectivity index (χ4n) is 2.57. The predicted molar refractivity (Wildman–Crippen MR) is 74.5 cm³/mol. The first-order chi connectivity index (χ1) is 9.76. The SMILES string of the molecule is Cc1ccc(CO)cc1Oc1ccnc2c1C1CN1N2. The zero-order chi connectivity index (χ0) is 13.7. The Labute approximate surface area is 116 Å². The van der Waals surface area contributed by atoms with Crippen molar-refractivity contribution >= 4 is 5.82 Å². The normalized spacial score (nSPS) is 21.9. The largest absolute Gasteiger partial charge is 0.457 e. The second-order valence-corrected chi connectivity index (χ2v) is 5.21. The van der Waals surface area contributed by atoms with Gasteiger partial charge in [-0.2, -0.15) is 0 Å². The maximum atomic E-state index is 9.24. The first kappa shape index (κ1) is 11.7. The molecule has 5 nitrogen and oxygen atoms in total. The number of aliphatic hydroxyl groups excluding tert-OH is 1. The lowest BCUT2D eigenvalue weighted by atomic mass is 10.1. The van der Waals surface area contributed by atoms with Crippen LogP contribution in [0, 0.1) is 6.92 Å². The van der Waals surface area contributed by atoms with E-state index in [4.69, 9.17) is 4.74 Å². The molecule has 20 heavy (non-hydrogen) atoms. The van der Waals surface area contributed by atoms with Gasteiger partial charge in [0.15, 0.2) is 0 Å². The molecular weight excluding hydrogens is 254 g/mol. The summed E-state index contributed by atoms with van der Waals surface area (Å²) >= 11 is 0. The zero-order valence-corrected chi connectivity index (χ0v) is 11.1. The van der Waals surface area contributed by atoms with Gasteiger partial charge in [-0.15, -0.1) is 0 Å². The summed E-state index contributed by atoms with van der Waals surface area (Å²) in [5.74, 6) is 2.50. The molecule has 102 valence electrons. The summed E-state index contributed by atoms with van der Waals surface area (Å²) in [6.45, 7) is 3.02. The summed E-state index contributed by atoms with van der Waals surface area (Å²) in [6, 6.07) is 8.03. The molecule has 2 aliphatic heterocycles. The number of rotatable bonds is 3. The molecule has 1 aromatic heterocycles. The van der Waals surface area contributed by atoms with E-state index in [9.17, 15) is 5.11 Å². The maximum absolute atomic E-state index is 9.24. The molecule has 2 N–H and O–H groups in total. The number of hydrogen-bond donors (Lipinski definition) is 2. The number of aryl methyl sites for hydroxylation is 1. The average Bonchev–Trinajstić information content (AvgIpc) is 3.12. The van der Waals surface area contributed by atoms with Crippen molar-refractivity contribution < 1.29 is 9.84 Å². The third-order valence-electron chi connectivity index (χ3n) is 3.80. The van der Waals surface area contributed by atoms with Crippen molar-refractivity contribution in [2.45, 2.75) is 19.6 Å². The van der Waals surface area contributed by atoms with E-state index >= 15 is 0 Å². The number of fused-ring (bicyclic) bond motifs is 3. The third kappa shape index (κ3) is 1.75. The molecule has 0 spiro atoms. The van der Waals surface area contributed by atoms with Crippen molar-refractivity contribution in [2.75, 3.05) is 12.0 Å². The van der Waals surface area contributed by atoms with Gasteiger partial charge in [0.25, 0.3) is 0 Å². The molecule has 2 unspecified atom stereocenters. The van der Waals surface area contributed by atoms with Crippen LogP contribution in [0.15, 0.2) is 30.5 Å². The van der Waals surface area contributed by atoms with Crippen LogP contribution in [-0.4, -0.2) is 21.6 Å². The number of anilines is 1. The van der Waals surface area contributed by atoms with Crippen LogP contribution >= 0.6 is 0 Å². The van der Waals surface area contributed by atoms with Gasteiger partial charge in [-0.25, -0.2) is 9.99 Å². The van der Waals surface area contributed by atoms with Crippen LogP contribution in [0.3, 0.4) is 0 Å². The van der Waals surface area contributed by atoms with E-state index in [-0.39, 0.29) is 6.61 Å². The molecule has 3 heterocycles. The Morgan fingerprint density at radius 1 is 1.40 bits per heavy atom. The number of nitrogens with zero attached hydrogens (tertiary/aromatic N) is 2. The molecule has 2 aliphatic rings. The Kier molecular flexibility index (Phi) is 2.45. The van der Waals surface area contributed by atoms with E-state index in [1.807, 2.05) is 31.2 Å². The van der Waals surface area contributed by atoms with Crippen molar-refractivity contribution in [2.24, 2.45) is 0 Å². The van der Waals surface area contributed by atoms with Gasteiger partial charge in [0, 0.05) is 12.7 Å². The molecule has 0 radical (unpaired) electrons. The highest BCUT2D eigenvalue weighted by molar-refractivity contribution is 5.61. The lowest BCUT2D eigenvalue weighted by molar-refractivity contribution is 0.281. The van der Waals surface area contributed by atoms with Gasteiger partial charge >= 0.3 is 0 Å². The number of nitrogens with one attached hydrogen (secondary N) is 1. The lowest BCUT2D eigenvalue weighted by Crippen LogP contribution is -2.03. The quantitative estimate of drug-likeness (QED) is 0.838. The number of hydrogen-bond acceptors (Lipinski definition) is 5. The summed E-state index contributed by atoms with van der Waals surface area (Å²) in [5, 5.41) is 11.4. The van der Waals surface area contributed by atoms with Gasteiger partial charge in [-0.1, -0.05) is 12.1 Å². The number of aromatic nitrogens is 1. The standard InChI is InChI=1S/C15H15N3O2/c1-9-2-3-10(8-19)6-13(9)20-12-4-5-16-15-14(12)11-7-18(11)17-15/h2-6,11,19H,7-8H2,1H3,(H,16,17). The van der Waals surface area contributed by atoms with E-state index in [0.717, 1.165) is 40.6 Å². The van der Waals surface area contributed by atoms with Crippen molar-refractivity contribution in [1.29, 1.82) is 0 Å². The first-order valence-electron chi connectivity index (χ1n) is 6.66. The minimum absolute atomic E-state index is 0.0169. The van der Waals surface area contributed by atoms with Gasteiger partial charge in [0.2, 0.25) is 0 Å². The van der Waals surface area contributed by atoms with Crippen LogP contribution in [0.5, 0.6) is 11.5 Å². The summed E-state index contributed by atoms with van der Waals surface area (Å²) in [4.78, 5) is 4.33. The minimum Gasteiger partial charge on any atom is -0.457 e. The van der Waals surface area contributed by atoms with Crippen LogP contribution in [-0.2, 0) is 6.61 Å². The van der Waals surface area contributed by atoms with Crippen molar-refractivity contribution in [1.82, 2.24) is 9.99 Å². The number of benzene rings is 1. The van der Waals surface area contributed by atoms with Crippen molar-refractivity contribution in [3.63, 3.8) is 0 Å². The Morgan fingerprint density at radius 3 is 3.15 bits per heavy atom. The van der Waals surface area contributed by atoms with E-state index in [1.54, 1.807) is 6.20 Å². The van der Waals surface area contributed by atoms with Crippen LogP contribution in [0.25, 0.3) is 0 Å². The number of ether oxygens (including phenoxy) is 1. The van der Waals surface area contributed by atoms with E-state index in [1.165, 1.54) is 0 Å². The molecule has 0 amide bonds. The molecule has 0 bridgehead atoms. The van der Waals surface area contributed by atoms with Crippen LogP contribution in [0.1, 0.15) is 22.7 Å². The van der Waals surface area contributed by atoms with Crippen LogP contribution < -0.4 is 10.2 Å². The molecule has 0 aliphatic carbocycles. The predicted octanol–water partition coefficient (Wildman–Crippen LogP) is 2.37. The van der Waals surface area contributed by atoms with E-state index in [2.05, 4.69) is 15.4 Å². The van der Waals surface area contributed by atoms with Crippen molar-refractivity contribution in [3.05, 3.63) is 47.2 Å². The molecule has 2 atom stereocenters. The second-order valence-electron chi connectivity index (χ2n) is 5.21. The fourth-order valence-corrected chi connectivity index (χ4v) is 2.57. The number of aliphatic hydroxyl groups is 1. The maximum Gasteiger partial charge on any atom is 0.149 e. The molecule has 1 aromatic carbocycles. The number of hydrazine groups is 1. The van der Waals surface area contributed by atoms with E-state index in [0.29, 0.717) is 6.04 Å². The summed E-state index contributed by atoms with van der Waals surface area (Å²) in [7, 11) is 0. The van der Waals surface area contributed by atoms with Crippen LogP contribution in [0.4, 0.5) is 5.82 Å². The highest BCUT2D eigenvalue weighted by Crippen LogP contribution is 2.49. The molecular formula is C15H15N3O2. The Balaban J connectivity index is 1.72. The first-order valence-corrected chi connectivity index (χ1v) is 6.66. The van der Waals surface area contributed by atoms with Gasteiger partial charge in [-0.05, 0) is 30.2 Å². The highest BCUT2D eigenvalue weighted by atomic mass is 16.5. The highest BCUT2D eigenvalue weighted by Gasteiger charge is 2.46. The van der Waals surface area contributed by atoms with Gasteiger partial charge in [-0.3, -0.25) is 0 Å². The third-order valence-corrected chi connectivity index (χ3v) is 3.80. The monoisotopic (exact) mass is 269 g/mol. The summed E-state index contributed by atoms with van der Waals surface area (Å²) in [6.07, 6.45) is 1.75. The van der Waals surface area contributed by atoms with Crippen LogP contribution in [0.2, 0.25) is 0 Å². The summed E-state index contributed by atoms with van der Waals surface area (Å²) < 4.78 is 6.07. The molecule has 5 heteroatoms. The Morgan fingerprint density at radius 2 is 2.30 bits per heavy atom. The smallest absolute Gasteiger partial charge is 0.149 e. The lowest BCUT2D eigenvalue weighted by Gasteiger charge is -2.13. The second kappa shape index (κ2) is 4.19.